The second-order valence-electron chi connectivity index (χ2n) is 8.57. The van der Waals surface area contributed by atoms with Gasteiger partial charge in [-0.15, -0.1) is 11.3 Å². The molecule has 0 aliphatic heterocycles. The van der Waals surface area contributed by atoms with Crippen molar-refractivity contribution in [3.05, 3.63) is 50.9 Å². The fourth-order valence-corrected chi connectivity index (χ4v) is 5.35. The Morgan fingerprint density at radius 2 is 2.03 bits per heavy atom. The molecular formula is C24H28N2O3S. The summed E-state index contributed by atoms with van der Waals surface area (Å²) < 4.78 is 7.04. The number of hydrogen-bond acceptors (Lipinski definition) is 5. The molecule has 2 atom stereocenters. The summed E-state index contributed by atoms with van der Waals surface area (Å²) in [5.74, 6) is 0.212. The molecule has 30 heavy (non-hydrogen) atoms. The van der Waals surface area contributed by atoms with Gasteiger partial charge in [0.1, 0.15) is 17.5 Å². The second kappa shape index (κ2) is 8.34. The molecule has 1 fully saturated rings. The Hall–Kier alpha value is -2.47. The van der Waals surface area contributed by atoms with E-state index in [2.05, 4.69) is 37.9 Å². The van der Waals surface area contributed by atoms with Crippen molar-refractivity contribution in [2.45, 2.75) is 66.0 Å². The summed E-state index contributed by atoms with van der Waals surface area (Å²) in [6, 6.07) is 6.23. The average Bonchev–Trinajstić information content (AvgIpc) is 3.03. The molecule has 1 aliphatic carbocycles. The van der Waals surface area contributed by atoms with E-state index in [0.717, 1.165) is 35.3 Å². The average molecular weight is 425 g/mol. The van der Waals surface area contributed by atoms with E-state index in [4.69, 9.17) is 4.74 Å². The number of benzene rings is 1. The van der Waals surface area contributed by atoms with E-state index in [1.807, 2.05) is 13.0 Å². The lowest BCUT2D eigenvalue weighted by molar-refractivity contribution is -0.152. The molecule has 0 bridgehead atoms. The van der Waals surface area contributed by atoms with E-state index in [1.54, 1.807) is 0 Å². The molecule has 0 saturated heterocycles. The molecule has 0 unspecified atom stereocenters. The molecule has 1 aromatic carbocycles. The van der Waals surface area contributed by atoms with Crippen molar-refractivity contribution in [3.63, 3.8) is 0 Å². The van der Waals surface area contributed by atoms with Gasteiger partial charge in [0.05, 0.1) is 11.7 Å². The van der Waals surface area contributed by atoms with Gasteiger partial charge in [-0.2, -0.15) is 0 Å². The standard InChI is InChI=1S/C24H28N2O3S/c1-14-6-5-7-19(10-14)29-20(27)12-26-13-25-23-22(24(26)28)21(17(4)30-23)18-9-8-15(2)16(3)11-18/h8-9,11,13-14,19H,5-7,10,12H2,1-4H3/t14-,19-/m1/s1. The summed E-state index contributed by atoms with van der Waals surface area (Å²) in [6.45, 7) is 8.24. The molecule has 4 rings (SSSR count). The topological polar surface area (TPSA) is 61.2 Å². The van der Waals surface area contributed by atoms with Crippen molar-refractivity contribution < 1.29 is 9.53 Å². The lowest BCUT2D eigenvalue weighted by atomic mass is 9.89. The van der Waals surface area contributed by atoms with E-state index >= 15 is 0 Å². The number of nitrogens with zero attached hydrogens (tertiary/aromatic N) is 2. The molecule has 5 nitrogen and oxygen atoms in total. The normalized spacial score (nSPS) is 19.2. The number of hydrogen-bond donors (Lipinski definition) is 0. The van der Waals surface area contributed by atoms with Crippen molar-refractivity contribution in [1.82, 2.24) is 9.55 Å². The molecule has 6 heteroatoms. The third-order valence-corrected chi connectivity index (χ3v) is 7.15. The number of aromatic nitrogens is 2. The van der Waals surface area contributed by atoms with Crippen LogP contribution in [0.5, 0.6) is 0 Å². The molecule has 1 aliphatic rings. The summed E-state index contributed by atoms with van der Waals surface area (Å²) in [7, 11) is 0. The van der Waals surface area contributed by atoms with Crippen LogP contribution in [0.15, 0.2) is 29.3 Å². The highest BCUT2D eigenvalue weighted by molar-refractivity contribution is 7.19. The molecule has 0 N–H and O–H groups in total. The van der Waals surface area contributed by atoms with Gasteiger partial charge >= 0.3 is 5.97 Å². The first kappa shape index (κ1) is 20.8. The summed E-state index contributed by atoms with van der Waals surface area (Å²) in [5.41, 5.74) is 4.13. The predicted molar refractivity (Wildman–Crippen MR) is 121 cm³/mol. The summed E-state index contributed by atoms with van der Waals surface area (Å²) >= 11 is 1.51. The van der Waals surface area contributed by atoms with Gasteiger partial charge in [-0.25, -0.2) is 4.98 Å². The second-order valence-corrected chi connectivity index (χ2v) is 9.78. The first-order chi connectivity index (χ1) is 14.3. The summed E-state index contributed by atoms with van der Waals surface area (Å²) in [6.07, 6.45) is 5.51. The maximum Gasteiger partial charge on any atom is 0.326 e. The van der Waals surface area contributed by atoms with Gasteiger partial charge < -0.3 is 4.74 Å². The van der Waals surface area contributed by atoms with E-state index in [1.165, 1.54) is 39.8 Å². The van der Waals surface area contributed by atoms with Gasteiger partial charge in [0, 0.05) is 10.4 Å². The van der Waals surface area contributed by atoms with E-state index in [9.17, 15) is 9.59 Å². The van der Waals surface area contributed by atoms with Crippen LogP contribution in [-0.4, -0.2) is 21.6 Å². The number of thiophene rings is 1. The van der Waals surface area contributed by atoms with Crippen molar-refractivity contribution in [1.29, 1.82) is 0 Å². The van der Waals surface area contributed by atoms with Crippen LogP contribution in [0.25, 0.3) is 21.3 Å². The minimum atomic E-state index is -0.364. The van der Waals surface area contributed by atoms with Crippen LogP contribution in [0, 0.1) is 26.7 Å². The van der Waals surface area contributed by atoms with Gasteiger partial charge in [0.25, 0.3) is 5.56 Å². The summed E-state index contributed by atoms with van der Waals surface area (Å²) in [4.78, 5) is 32.0. The number of carbonyl (C=O) groups is 1. The monoisotopic (exact) mass is 424 g/mol. The fourth-order valence-electron chi connectivity index (χ4n) is 4.34. The van der Waals surface area contributed by atoms with Gasteiger partial charge in [-0.3, -0.25) is 14.2 Å². The van der Waals surface area contributed by atoms with Gasteiger partial charge in [0.2, 0.25) is 0 Å². The Morgan fingerprint density at radius 3 is 2.77 bits per heavy atom. The molecule has 2 heterocycles. The van der Waals surface area contributed by atoms with Crippen molar-refractivity contribution in [3.8, 4) is 11.1 Å². The number of ether oxygens (including phenoxy) is 1. The van der Waals surface area contributed by atoms with Crippen LogP contribution in [-0.2, 0) is 16.1 Å². The van der Waals surface area contributed by atoms with Crippen molar-refractivity contribution in [2.75, 3.05) is 0 Å². The first-order valence-electron chi connectivity index (χ1n) is 10.6. The highest BCUT2D eigenvalue weighted by Gasteiger charge is 2.23. The number of fused-ring (bicyclic) bond motifs is 1. The minimum Gasteiger partial charge on any atom is -0.461 e. The molecule has 158 valence electrons. The summed E-state index contributed by atoms with van der Waals surface area (Å²) in [5, 5.41) is 0.586. The van der Waals surface area contributed by atoms with Crippen LogP contribution in [0.4, 0.5) is 0 Å². The lowest BCUT2D eigenvalue weighted by Crippen LogP contribution is -2.30. The largest absolute Gasteiger partial charge is 0.461 e. The van der Waals surface area contributed by atoms with Crippen LogP contribution >= 0.6 is 11.3 Å². The van der Waals surface area contributed by atoms with Crippen molar-refractivity contribution >= 4 is 27.5 Å². The third kappa shape index (κ3) is 4.06. The highest BCUT2D eigenvalue weighted by Crippen LogP contribution is 2.36. The van der Waals surface area contributed by atoms with E-state index in [0.29, 0.717) is 16.1 Å². The molecule has 0 radical (unpaired) electrons. The Bertz CT molecular complexity index is 1160. The fraction of sp³-hybridized carbons (Fsp3) is 0.458. The zero-order chi connectivity index (χ0) is 21.4. The van der Waals surface area contributed by atoms with Gasteiger partial charge in [-0.1, -0.05) is 31.5 Å². The number of aryl methyl sites for hydroxylation is 3. The minimum absolute atomic E-state index is 0.0388. The smallest absolute Gasteiger partial charge is 0.326 e. The quantitative estimate of drug-likeness (QED) is 0.542. The third-order valence-electron chi connectivity index (χ3n) is 6.14. The Morgan fingerprint density at radius 1 is 1.23 bits per heavy atom. The number of carbonyl (C=O) groups excluding carboxylic acids is 1. The van der Waals surface area contributed by atoms with E-state index < -0.39 is 0 Å². The zero-order valence-corrected chi connectivity index (χ0v) is 18.8. The molecule has 0 amide bonds. The molecule has 1 saturated carbocycles. The van der Waals surface area contributed by atoms with E-state index in [-0.39, 0.29) is 24.2 Å². The number of rotatable bonds is 4. The SMILES string of the molecule is Cc1ccc(-c2c(C)sc3ncn(CC(=O)O[C@@H]4CCC[C@@H](C)C4)c(=O)c23)cc1C. The Labute approximate surface area is 180 Å². The zero-order valence-electron chi connectivity index (χ0n) is 18.0. The predicted octanol–water partition coefficient (Wildman–Crippen LogP) is 5.17. The maximum atomic E-state index is 13.3. The first-order valence-corrected chi connectivity index (χ1v) is 11.4. The maximum absolute atomic E-state index is 13.3. The van der Waals surface area contributed by atoms with Crippen LogP contribution in [0.3, 0.4) is 0 Å². The van der Waals surface area contributed by atoms with Crippen molar-refractivity contribution in [2.24, 2.45) is 5.92 Å². The van der Waals surface area contributed by atoms with Gasteiger partial charge in [-0.05, 0) is 62.6 Å². The number of esters is 1. The van der Waals surface area contributed by atoms with Crippen LogP contribution in [0.2, 0.25) is 0 Å². The molecular weight excluding hydrogens is 396 g/mol. The Balaban J connectivity index is 1.66. The highest BCUT2D eigenvalue weighted by atomic mass is 32.1. The Kier molecular flexibility index (Phi) is 5.78. The van der Waals surface area contributed by atoms with Gasteiger partial charge in [0.15, 0.2) is 0 Å². The van der Waals surface area contributed by atoms with Crippen LogP contribution < -0.4 is 5.56 Å². The molecule has 0 spiro atoms. The van der Waals surface area contributed by atoms with Crippen LogP contribution in [0.1, 0.15) is 48.6 Å². The molecule has 2 aromatic heterocycles. The molecule has 3 aromatic rings. The lowest BCUT2D eigenvalue weighted by Gasteiger charge is -2.26.